The third-order valence-electron chi connectivity index (χ3n) is 3.33. The maximum Gasteiger partial charge on any atom is 0.119 e. The summed E-state index contributed by atoms with van der Waals surface area (Å²) in [4.78, 5) is 0. The molecule has 0 unspecified atom stereocenters. The average Bonchev–Trinajstić information content (AvgIpc) is 2.70. The second-order valence-corrected chi connectivity index (χ2v) is 5.87. The van der Waals surface area contributed by atoms with Crippen molar-refractivity contribution in [2.24, 2.45) is 0 Å². The summed E-state index contributed by atoms with van der Waals surface area (Å²) in [5, 5.41) is 27.4. The topological polar surface area (TPSA) is 79.2 Å². The Kier molecular flexibility index (Phi) is 8.26. The smallest absolute Gasteiger partial charge is 0.119 e. The predicted octanol–water partition coefficient (Wildman–Crippen LogP) is 1.80. The third kappa shape index (κ3) is 6.95. The lowest BCUT2D eigenvalue weighted by molar-refractivity contribution is 0.0536. The number of halogens is 1. The first-order valence-electron chi connectivity index (χ1n) is 8.11. The minimum absolute atomic E-state index is 0.0395. The van der Waals surface area contributed by atoms with Gasteiger partial charge in [-0.25, -0.2) is 0 Å². The van der Waals surface area contributed by atoms with Crippen LogP contribution in [0.2, 0.25) is 0 Å². The van der Waals surface area contributed by atoms with E-state index >= 15 is 0 Å². The van der Waals surface area contributed by atoms with Gasteiger partial charge in [-0.1, -0.05) is 11.8 Å². The zero-order valence-electron chi connectivity index (χ0n) is 14.1. The maximum atomic E-state index is 9.37. The molecule has 0 bridgehead atoms. The Morgan fingerprint density at radius 2 is 1.19 bits per heavy atom. The molecule has 0 aromatic heterocycles. The zero-order chi connectivity index (χ0) is 18.8. The van der Waals surface area contributed by atoms with Crippen molar-refractivity contribution in [1.29, 1.82) is 0 Å². The van der Waals surface area contributed by atoms with Crippen molar-refractivity contribution in [3.63, 3.8) is 0 Å². The van der Waals surface area contributed by atoms with E-state index in [1.807, 2.05) is 24.3 Å². The van der Waals surface area contributed by atoms with Crippen molar-refractivity contribution >= 4 is 11.6 Å². The van der Waals surface area contributed by atoms with Gasteiger partial charge in [-0.3, -0.25) is 0 Å². The quantitative estimate of drug-likeness (QED) is 0.483. The van der Waals surface area contributed by atoms with Crippen molar-refractivity contribution in [2.75, 3.05) is 25.7 Å². The molecule has 0 aliphatic rings. The molecule has 2 aromatic carbocycles. The van der Waals surface area contributed by atoms with E-state index in [0.717, 1.165) is 11.1 Å². The van der Waals surface area contributed by atoms with Gasteiger partial charge in [0.25, 0.3) is 0 Å². The molecule has 2 atom stereocenters. The van der Waals surface area contributed by atoms with Crippen molar-refractivity contribution in [3.05, 3.63) is 59.7 Å². The van der Waals surface area contributed by atoms with Crippen LogP contribution in [0.15, 0.2) is 48.5 Å². The molecular weight excluding hydrogens is 356 g/mol. The number of hydrogen-bond acceptors (Lipinski definition) is 5. The molecule has 3 N–H and O–H groups in total. The summed E-state index contributed by atoms with van der Waals surface area (Å²) in [5.41, 5.74) is 1.66. The number of aliphatic hydroxyl groups is 3. The van der Waals surface area contributed by atoms with Gasteiger partial charge in [0.15, 0.2) is 0 Å². The fourth-order valence-electron chi connectivity index (χ4n) is 1.90. The van der Waals surface area contributed by atoms with Crippen LogP contribution in [0.4, 0.5) is 0 Å². The highest BCUT2D eigenvalue weighted by molar-refractivity contribution is 6.18. The Hall–Kier alpha value is -2.23. The number of benzene rings is 2. The first-order chi connectivity index (χ1) is 12.6. The highest BCUT2D eigenvalue weighted by Crippen LogP contribution is 2.14. The lowest BCUT2D eigenvalue weighted by Crippen LogP contribution is -2.21. The summed E-state index contributed by atoms with van der Waals surface area (Å²) in [7, 11) is 0. The van der Waals surface area contributed by atoms with Crippen molar-refractivity contribution < 1.29 is 24.8 Å². The molecule has 0 aliphatic carbocycles. The van der Waals surface area contributed by atoms with Crippen LogP contribution >= 0.6 is 11.6 Å². The van der Waals surface area contributed by atoms with Crippen molar-refractivity contribution in [2.45, 2.75) is 12.2 Å². The van der Waals surface area contributed by atoms with Gasteiger partial charge < -0.3 is 24.8 Å². The van der Waals surface area contributed by atoms with Crippen LogP contribution in [-0.2, 0) is 0 Å². The van der Waals surface area contributed by atoms with Crippen molar-refractivity contribution in [1.82, 2.24) is 0 Å². The lowest BCUT2D eigenvalue weighted by atomic mass is 10.2. The molecule has 6 heteroatoms. The van der Waals surface area contributed by atoms with Gasteiger partial charge >= 0.3 is 0 Å². The Balaban J connectivity index is 1.90. The molecular formula is C20H21ClO5. The van der Waals surface area contributed by atoms with E-state index in [4.69, 9.17) is 26.2 Å². The van der Waals surface area contributed by atoms with Gasteiger partial charge in [-0.05, 0) is 48.5 Å². The summed E-state index contributed by atoms with van der Waals surface area (Å²) in [5.74, 6) is 7.48. The average molecular weight is 377 g/mol. The molecule has 0 aliphatic heterocycles. The van der Waals surface area contributed by atoms with Crippen LogP contribution in [-0.4, -0.2) is 53.2 Å². The molecule has 5 nitrogen and oxygen atoms in total. The number of rotatable bonds is 8. The molecule has 2 rings (SSSR count). The Morgan fingerprint density at radius 1 is 0.769 bits per heavy atom. The van der Waals surface area contributed by atoms with Crippen LogP contribution in [0.25, 0.3) is 0 Å². The zero-order valence-corrected chi connectivity index (χ0v) is 14.9. The molecule has 0 spiro atoms. The van der Waals surface area contributed by atoms with Crippen LogP contribution in [0.1, 0.15) is 11.1 Å². The van der Waals surface area contributed by atoms with Gasteiger partial charge in [0.05, 0.1) is 12.5 Å². The van der Waals surface area contributed by atoms with Gasteiger partial charge in [0.1, 0.15) is 36.9 Å². The van der Waals surface area contributed by atoms with E-state index in [1.54, 1.807) is 24.3 Å². The number of ether oxygens (including phenoxy) is 2. The molecule has 0 fully saturated rings. The van der Waals surface area contributed by atoms with Gasteiger partial charge in [-0.2, -0.15) is 0 Å². The summed E-state index contributed by atoms with van der Waals surface area (Å²) >= 11 is 5.51. The Bertz CT molecular complexity index is 657. The van der Waals surface area contributed by atoms with E-state index in [9.17, 15) is 10.2 Å². The van der Waals surface area contributed by atoms with E-state index in [-0.39, 0.29) is 25.7 Å². The summed E-state index contributed by atoms with van der Waals surface area (Å²) in [6, 6.07) is 14.4. The molecule has 138 valence electrons. The summed E-state index contributed by atoms with van der Waals surface area (Å²) in [6.45, 7) is -0.142. The predicted molar refractivity (Wildman–Crippen MR) is 99.7 cm³/mol. The van der Waals surface area contributed by atoms with Crippen LogP contribution < -0.4 is 9.47 Å². The third-order valence-corrected chi connectivity index (χ3v) is 3.69. The molecule has 2 aromatic rings. The van der Waals surface area contributed by atoms with Gasteiger partial charge in [0.2, 0.25) is 0 Å². The largest absolute Gasteiger partial charge is 0.491 e. The van der Waals surface area contributed by atoms with Crippen LogP contribution in [0.3, 0.4) is 0 Å². The molecule has 0 amide bonds. The first kappa shape index (κ1) is 20.1. The van der Waals surface area contributed by atoms with Gasteiger partial charge in [0, 0.05) is 11.1 Å². The highest BCUT2D eigenvalue weighted by Gasteiger charge is 2.03. The van der Waals surface area contributed by atoms with E-state index in [2.05, 4.69) is 11.8 Å². The number of aliphatic hydroxyl groups excluding tert-OH is 3. The Labute approximate surface area is 157 Å². The molecule has 0 radical (unpaired) electrons. The fraction of sp³-hybridized carbons (Fsp3) is 0.300. The lowest BCUT2D eigenvalue weighted by Gasteiger charge is -2.09. The van der Waals surface area contributed by atoms with Crippen LogP contribution in [0, 0.1) is 11.8 Å². The molecule has 0 heterocycles. The standard InChI is InChI=1S/C20H21ClO5/c21-11-17(23)13-25-19-7-3-15(4-8-19)1-2-16-5-9-20(10-6-16)26-14-18(24)12-22/h3-10,17-18,22-24H,11-14H2/t17-,18-/m1/s1. The minimum Gasteiger partial charge on any atom is -0.491 e. The monoisotopic (exact) mass is 376 g/mol. The van der Waals surface area contributed by atoms with Crippen molar-refractivity contribution in [3.8, 4) is 23.3 Å². The first-order valence-corrected chi connectivity index (χ1v) is 8.65. The molecule has 0 saturated heterocycles. The minimum atomic E-state index is -0.889. The second kappa shape index (κ2) is 10.7. The number of alkyl halides is 1. The normalized spacial score (nSPS) is 12.6. The number of hydrogen-bond donors (Lipinski definition) is 3. The Morgan fingerprint density at radius 3 is 1.58 bits per heavy atom. The molecule has 26 heavy (non-hydrogen) atoms. The highest BCUT2D eigenvalue weighted by atomic mass is 35.5. The SMILES string of the molecule is OC[C@@H](O)COc1ccc(C#Cc2ccc(OC[C@H](O)CCl)cc2)cc1. The summed E-state index contributed by atoms with van der Waals surface area (Å²) in [6.07, 6.45) is -1.57. The van der Waals surface area contributed by atoms with E-state index < -0.39 is 12.2 Å². The maximum absolute atomic E-state index is 9.37. The van der Waals surface area contributed by atoms with Gasteiger partial charge in [-0.15, -0.1) is 11.6 Å². The van der Waals surface area contributed by atoms with E-state index in [1.165, 1.54) is 0 Å². The summed E-state index contributed by atoms with van der Waals surface area (Å²) < 4.78 is 10.7. The second-order valence-electron chi connectivity index (χ2n) is 5.57. The molecule has 0 saturated carbocycles. The van der Waals surface area contributed by atoms with Crippen LogP contribution in [0.5, 0.6) is 11.5 Å². The fourth-order valence-corrected chi connectivity index (χ4v) is 1.98. The van der Waals surface area contributed by atoms with E-state index in [0.29, 0.717) is 11.5 Å².